The Morgan fingerprint density at radius 3 is 2.65 bits per heavy atom. The van der Waals surface area contributed by atoms with Crippen molar-refractivity contribution in [3.8, 4) is 0 Å². The molecule has 0 aliphatic carbocycles. The molecule has 1 aliphatic rings. The van der Waals surface area contributed by atoms with E-state index in [2.05, 4.69) is 31.0 Å². The van der Waals surface area contributed by atoms with Crippen molar-refractivity contribution < 1.29 is 9.90 Å². The summed E-state index contributed by atoms with van der Waals surface area (Å²) in [5, 5.41) is 12.9. The zero-order valence-electron chi connectivity index (χ0n) is 11.3. The lowest BCUT2D eigenvalue weighted by Crippen LogP contribution is -2.55. The second kappa shape index (κ2) is 6.36. The first-order valence-electron chi connectivity index (χ1n) is 6.77. The van der Waals surface area contributed by atoms with E-state index in [1.807, 2.05) is 0 Å². The maximum absolute atomic E-state index is 11.6. The molecule has 4 heteroatoms. The van der Waals surface area contributed by atoms with Crippen LogP contribution in [-0.4, -0.2) is 47.2 Å². The number of nitrogens with one attached hydrogen (secondary N) is 1. The van der Waals surface area contributed by atoms with E-state index < -0.39 is 11.5 Å². The third kappa shape index (κ3) is 3.68. The van der Waals surface area contributed by atoms with Gasteiger partial charge in [-0.1, -0.05) is 13.8 Å². The molecule has 0 saturated carbocycles. The summed E-state index contributed by atoms with van der Waals surface area (Å²) in [6, 6.07) is 0.263. The van der Waals surface area contributed by atoms with Gasteiger partial charge in [-0.3, -0.25) is 10.1 Å². The van der Waals surface area contributed by atoms with Gasteiger partial charge in [0.15, 0.2) is 0 Å². The molecule has 0 amide bonds. The normalized spacial score (nSPS) is 28.6. The van der Waals surface area contributed by atoms with Crippen molar-refractivity contribution in [1.82, 2.24) is 10.2 Å². The summed E-state index contributed by atoms with van der Waals surface area (Å²) in [6.45, 7) is 9.20. The molecule has 1 rings (SSSR count). The van der Waals surface area contributed by atoms with E-state index in [-0.39, 0.29) is 6.04 Å². The zero-order chi connectivity index (χ0) is 12.9. The van der Waals surface area contributed by atoms with E-state index in [1.165, 1.54) is 0 Å². The van der Waals surface area contributed by atoms with Crippen molar-refractivity contribution in [2.75, 3.05) is 19.6 Å². The monoisotopic (exact) mass is 242 g/mol. The summed E-state index contributed by atoms with van der Waals surface area (Å²) in [5.74, 6) is -0.684. The van der Waals surface area contributed by atoms with E-state index in [9.17, 15) is 9.90 Å². The molecule has 0 aromatic rings. The summed E-state index contributed by atoms with van der Waals surface area (Å²) >= 11 is 0. The van der Waals surface area contributed by atoms with Gasteiger partial charge in [0.05, 0.1) is 0 Å². The number of hydrogen-bond acceptors (Lipinski definition) is 3. The SMILES string of the molecule is CCC(C)NC1(C(=O)O)CCCN(CC)CC1. The number of likely N-dealkylation sites (tertiary alicyclic amines) is 1. The lowest BCUT2D eigenvalue weighted by atomic mass is 9.89. The number of hydrogen-bond donors (Lipinski definition) is 2. The van der Waals surface area contributed by atoms with Crippen LogP contribution in [0.25, 0.3) is 0 Å². The highest BCUT2D eigenvalue weighted by atomic mass is 16.4. The molecule has 0 aromatic heterocycles. The van der Waals surface area contributed by atoms with E-state index >= 15 is 0 Å². The molecule has 0 aromatic carbocycles. The first-order valence-corrected chi connectivity index (χ1v) is 6.77. The van der Waals surface area contributed by atoms with Gasteiger partial charge in [0, 0.05) is 12.6 Å². The van der Waals surface area contributed by atoms with Crippen LogP contribution >= 0.6 is 0 Å². The first-order chi connectivity index (χ1) is 8.04. The van der Waals surface area contributed by atoms with Gasteiger partial charge >= 0.3 is 5.97 Å². The number of carboxylic acids is 1. The third-order valence-corrected chi connectivity index (χ3v) is 3.92. The minimum absolute atomic E-state index is 0.263. The molecular weight excluding hydrogens is 216 g/mol. The topological polar surface area (TPSA) is 52.6 Å². The van der Waals surface area contributed by atoms with E-state index in [4.69, 9.17) is 0 Å². The first kappa shape index (κ1) is 14.5. The lowest BCUT2D eigenvalue weighted by molar-refractivity contribution is -0.146. The van der Waals surface area contributed by atoms with Crippen LogP contribution in [0.5, 0.6) is 0 Å². The molecule has 0 radical (unpaired) electrons. The summed E-state index contributed by atoms with van der Waals surface area (Å²) in [5.41, 5.74) is -0.709. The standard InChI is InChI=1S/C13H26N2O2/c1-4-11(3)14-13(12(16)17)7-6-9-15(5-2)10-8-13/h11,14H,4-10H2,1-3H3,(H,16,17). The van der Waals surface area contributed by atoms with E-state index in [0.717, 1.165) is 38.9 Å². The summed E-state index contributed by atoms with van der Waals surface area (Å²) in [6.07, 6.45) is 3.37. The van der Waals surface area contributed by atoms with Gasteiger partial charge < -0.3 is 10.0 Å². The minimum Gasteiger partial charge on any atom is -0.480 e. The smallest absolute Gasteiger partial charge is 0.323 e. The fraction of sp³-hybridized carbons (Fsp3) is 0.923. The van der Waals surface area contributed by atoms with Gasteiger partial charge in [0.1, 0.15) is 5.54 Å². The second-order valence-corrected chi connectivity index (χ2v) is 5.13. The van der Waals surface area contributed by atoms with Crippen LogP contribution in [0.4, 0.5) is 0 Å². The van der Waals surface area contributed by atoms with Gasteiger partial charge in [-0.05, 0) is 45.7 Å². The molecule has 0 bridgehead atoms. The van der Waals surface area contributed by atoms with Gasteiger partial charge in [-0.15, -0.1) is 0 Å². The average molecular weight is 242 g/mol. The minimum atomic E-state index is -0.709. The fourth-order valence-electron chi connectivity index (χ4n) is 2.50. The molecule has 1 aliphatic heterocycles. The Kier molecular flexibility index (Phi) is 5.40. The molecule has 1 fully saturated rings. The Bertz CT molecular complexity index is 258. The molecule has 2 atom stereocenters. The second-order valence-electron chi connectivity index (χ2n) is 5.13. The van der Waals surface area contributed by atoms with Crippen LogP contribution in [0.3, 0.4) is 0 Å². The highest BCUT2D eigenvalue weighted by Gasteiger charge is 2.40. The molecule has 1 heterocycles. The highest BCUT2D eigenvalue weighted by molar-refractivity contribution is 5.78. The summed E-state index contributed by atoms with van der Waals surface area (Å²) < 4.78 is 0. The summed E-state index contributed by atoms with van der Waals surface area (Å²) in [7, 11) is 0. The van der Waals surface area contributed by atoms with Crippen molar-refractivity contribution in [3.05, 3.63) is 0 Å². The molecule has 17 heavy (non-hydrogen) atoms. The molecule has 0 spiro atoms. The van der Waals surface area contributed by atoms with Crippen molar-refractivity contribution >= 4 is 5.97 Å². The maximum Gasteiger partial charge on any atom is 0.323 e. The van der Waals surface area contributed by atoms with E-state index in [0.29, 0.717) is 6.42 Å². The van der Waals surface area contributed by atoms with Gasteiger partial charge in [0.2, 0.25) is 0 Å². The molecular formula is C13H26N2O2. The van der Waals surface area contributed by atoms with Crippen molar-refractivity contribution in [1.29, 1.82) is 0 Å². The Balaban J connectivity index is 2.74. The Labute approximate surface area is 104 Å². The largest absolute Gasteiger partial charge is 0.480 e. The third-order valence-electron chi connectivity index (χ3n) is 3.92. The van der Waals surface area contributed by atoms with Crippen LogP contribution in [-0.2, 0) is 4.79 Å². The zero-order valence-corrected chi connectivity index (χ0v) is 11.3. The Morgan fingerprint density at radius 1 is 1.41 bits per heavy atom. The van der Waals surface area contributed by atoms with Crippen molar-refractivity contribution in [2.45, 2.75) is 58.0 Å². The molecule has 100 valence electrons. The predicted octanol–water partition coefficient (Wildman–Crippen LogP) is 1.70. The number of carboxylic acid groups (broad SMARTS) is 1. The van der Waals surface area contributed by atoms with Crippen molar-refractivity contribution in [2.24, 2.45) is 0 Å². The van der Waals surface area contributed by atoms with Crippen LogP contribution < -0.4 is 5.32 Å². The molecule has 4 nitrogen and oxygen atoms in total. The predicted molar refractivity (Wildman–Crippen MR) is 69.2 cm³/mol. The fourth-order valence-corrected chi connectivity index (χ4v) is 2.50. The van der Waals surface area contributed by atoms with Crippen LogP contribution in [0, 0.1) is 0 Å². The van der Waals surface area contributed by atoms with Crippen LogP contribution in [0.15, 0.2) is 0 Å². The highest BCUT2D eigenvalue weighted by Crippen LogP contribution is 2.24. The van der Waals surface area contributed by atoms with E-state index in [1.54, 1.807) is 0 Å². The number of aliphatic carboxylic acids is 1. The lowest BCUT2D eigenvalue weighted by Gasteiger charge is -2.32. The average Bonchev–Trinajstić information content (AvgIpc) is 2.52. The number of carbonyl (C=O) groups is 1. The van der Waals surface area contributed by atoms with Gasteiger partial charge in [-0.25, -0.2) is 0 Å². The Morgan fingerprint density at radius 2 is 2.12 bits per heavy atom. The van der Waals surface area contributed by atoms with Crippen LogP contribution in [0.2, 0.25) is 0 Å². The van der Waals surface area contributed by atoms with Gasteiger partial charge in [0.25, 0.3) is 0 Å². The number of nitrogens with zero attached hydrogens (tertiary/aromatic N) is 1. The van der Waals surface area contributed by atoms with Gasteiger partial charge in [-0.2, -0.15) is 0 Å². The quantitative estimate of drug-likeness (QED) is 0.770. The number of rotatable bonds is 5. The van der Waals surface area contributed by atoms with Crippen LogP contribution in [0.1, 0.15) is 46.5 Å². The van der Waals surface area contributed by atoms with Crippen molar-refractivity contribution in [3.63, 3.8) is 0 Å². The molecule has 2 unspecified atom stereocenters. The Hall–Kier alpha value is -0.610. The molecule has 1 saturated heterocycles. The maximum atomic E-state index is 11.6. The molecule has 2 N–H and O–H groups in total. The summed E-state index contributed by atoms with van der Waals surface area (Å²) in [4.78, 5) is 13.9.